The largest absolute Gasteiger partial charge is 0.479 e. The Morgan fingerprint density at radius 1 is 1.31 bits per heavy atom. The molecule has 0 saturated carbocycles. The number of hydrogen-bond acceptors (Lipinski definition) is 4. The third-order valence-electron chi connectivity index (χ3n) is 2.16. The number of rotatable bonds is 3. The third kappa shape index (κ3) is 2.73. The fourth-order valence-electron chi connectivity index (χ4n) is 1.29. The number of carboxylic acids is 1. The van der Waals surface area contributed by atoms with Crippen LogP contribution in [0.3, 0.4) is 0 Å². The fourth-order valence-corrected chi connectivity index (χ4v) is 1.29. The van der Waals surface area contributed by atoms with E-state index in [1.165, 1.54) is 6.07 Å². The summed E-state index contributed by atoms with van der Waals surface area (Å²) in [7, 11) is 0. The van der Waals surface area contributed by atoms with Gasteiger partial charge in [-0.2, -0.15) is 0 Å². The van der Waals surface area contributed by atoms with Gasteiger partial charge in [-0.25, -0.2) is 9.59 Å². The van der Waals surface area contributed by atoms with Gasteiger partial charge in [0.2, 0.25) is 0 Å². The van der Waals surface area contributed by atoms with Crippen molar-refractivity contribution in [3.63, 3.8) is 0 Å². The number of aliphatic carboxylic acids is 1. The van der Waals surface area contributed by atoms with Gasteiger partial charge in [-0.05, 0) is 31.0 Å². The van der Waals surface area contributed by atoms with Crippen molar-refractivity contribution in [2.75, 3.05) is 12.3 Å². The van der Waals surface area contributed by atoms with Gasteiger partial charge in [0.15, 0.2) is 6.61 Å². The number of carbonyl (C=O) groups excluding carboxylic acids is 1. The van der Waals surface area contributed by atoms with Crippen molar-refractivity contribution in [1.82, 2.24) is 0 Å². The van der Waals surface area contributed by atoms with Crippen LogP contribution in [0.1, 0.15) is 21.5 Å². The van der Waals surface area contributed by atoms with E-state index in [0.717, 1.165) is 5.56 Å². The number of hydrogen-bond donors (Lipinski definition) is 2. The minimum atomic E-state index is -1.19. The van der Waals surface area contributed by atoms with Crippen LogP contribution in [0.25, 0.3) is 0 Å². The van der Waals surface area contributed by atoms with Gasteiger partial charge in [0.05, 0.1) is 5.56 Å². The molecule has 0 atom stereocenters. The van der Waals surface area contributed by atoms with Crippen LogP contribution in [-0.2, 0) is 9.53 Å². The van der Waals surface area contributed by atoms with Crippen LogP contribution in [0, 0.1) is 13.8 Å². The number of ether oxygens (including phenoxy) is 1. The Hall–Kier alpha value is -2.04. The van der Waals surface area contributed by atoms with Crippen molar-refractivity contribution >= 4 is 17.6 Å². The van der Waals surface area contributed by atoms with Gasteiger partial charge < -0.3 is 15.6 Å². The third-order valence-corrected chi connectivity index (χ3v) is 2.16. The molecule has 1 aromatic rings. The van der Waals surface area contributed by atoms with Gasteiger partial charge in [0.25, 0.3) is 0 Å². The Balaban J connectivity index is 2.91. The molecule has 1 aromatic carbocycles. The molecule has 0 amide bonds. The van der Waals surface area contributed by atoms with Crippen molar-refractivity contribution in [3.8, 4) is 0 Å². The minimum Gasteiger partial charge on any atom is -0.479 e. The number of nitrogens with two attached hydrogens (primary N) is 1. The monoisotopic (exact) mass is 223 g/mol. The van der Waals surface area contributed by atoms with E-state index < -0.39 is 18.5 Å². The predicted molar refractivity (Wildman–Crippen MR) is 58.2 cm³/mol. The molecule has 0 aromatic heterocycles. The summed E-state index contributed by atoms with van der Waals surface area (Å²) < 4.78 is 4.57. The lowest BCUT2D eigenvalue weighted by atomic mass is 10.0. The molecule has 0 bridgehead atoms. The first-order chi connectivity index (χ1) is 7.41. The Bertz CT molecular complexity index is 440. The van der Waals surface area contributed by atoms with Crippen molar-refractivity contribution in [2.45, 2.75) is 13.8 Å². The number of aryl methyl sites for hydroxylation is 2. The zero-order valence-electron chi connectivity index (χ0n) is 9.11. The first-order valence-electron chi connectivity index (χ1n) is 4.67. The van der Waals surface area contributed by atoms with Crippen LogP contribution in [0.2, 0.25) is 0 Å². The van der Waals surface area contributed by atoms with E-state index in [0.29, 0.717) is 16.8 Å². The zero-order chi connectivity index (χ0) is 12.3. The van der Waals surface area contributed by atoms with Crippen molar-refractivity contribution in [2.24, 2.45) is 0 Å². The average molecular weight is 223 g/mol. The van der Waals surface area contributed by atoms with Gasteiger partial charge in [-0.15, -0.1) is 0 Å². The lowest BCUT2D eigenvalue weighted by Gasteiger charge is -2.08. The molecule has 0 radical (unpaired) electrons. The molecular weight excluding hydrogens is 210 g/mol. The van der Waals surface area contributed by atoms with Gasteiger partial charge in [0, 0.05) is 5.69 Å². The second kappa shape index (κ2) is 4.65. The number of esters is 1. The van der Waals surface area contributed by atoms with Crippen molar-refractivity contribution in [1.29, 1.82) is 0 Å². The van der Waals surface area contributed by atoms with E-state index in [4.69, 9.17) is 10.8 Å². The van der Waals surface area contributed by atoms with Crippen LogP contribution in [0.5, 0.6) is 0 Å². The van der Waals surface area contributed by atoms with Crippen LogP contribution >= 0.6 is 0 Å². The number of carbonyl (C=O) groups is 2. The van der Waals surface area contributed by atoms with E-state index >= 15 is 0 Å². The average Bonchev–Trinajstić information content (AvgIpc) is 2.20. The normalized spacial score (nSPS) is 9.88. The molecule has 5 nitrogen and oxygen atoms in total. The summed E-state index contributed by atoms with van der Waals surface area (Å²) in [4.78, 5) is 21.7. The Morgan fingerprint density at radius 3 is 2.50 bits per heavy atom. The van der Waals surface area contributed by atoms with E-state index in [2.05, 4.69) is 4.74 Å². The number of carboxylic acid groups (broad SMARTS) is 1. The summed E-state index contributed by atoms with van der Waals surface area (Å²) in [5.41, 5.74) is 8.01. The van der Waals surface area contributed by atoms with Crippen molar-refractivity contribution < 1.29 is 19.4 Å². The summed E-state index contributed by atoms with van der Waals surface area (Å²) >= 11 is 0. The summed E-state index contributed by atoms with van der Waals surface area (Å²) in [5, 5.41) is 8.38. The lowest BCUT2D eigenvalue weighted by molar-refractivity contribution is -0.140. The SMILES string of the molecule is Cc1cc(C)c(C(=O)OCC(=O)O)cc1N. The maximum absolute atomic E-state index is 11.5. The highest BCUT2D eigenvalue weighted by atomic mass is 16.5. The maximum Gasteiger partial charge on any atom is 0.341 e. The Morgan fingerprint density at radius 2 is 1.94 bits per heavy atom. The van der Waals surface area contributed by atoms with Crippen LogP contribution in [0.15, 0.2) is 12.1 Å². The molecule has 0 aliphatic carbocycles. The standard InChI is InChI=1S/C11H13NO4/c1-6-3-7(2)9(12)4-8(6)11(15)16-5-10(13)14/h3-4H,5,12H2,1-2H3,(H,13,14). The summed E-state index contributed by atoms with van der Waals surface area (Å²) in [6.45, 7) is 2.92. The minimum absolute atomic E-state index is 0.296. The van der Waals surface area contributed by atoms with Crippen LogP contribution < -0.4 is 5.73 Å². The maximum atomic E-state index is 11.5. The summed E-state index contributed by atoms with van der Waals surface area (Å²) in [6, 6.07) is 3.25. The first-order valence-corrected chi connectivity index (χ1v) is 4.67. The highest BCUT2D eigenvalue weighted by Crippen LogP contribution is 2.18. The second-order valence-corrected chi connectivity index (χ2v) is 3.49. The molecule has 0 fully saturated rings. The molecule has 5 heteroatoms. The van der Waals surface area contributed by atoms with E-state index in [-0.39, 0.29) is 0 Å². The molecule has 0 aliphatic heterocycles. The molecule has 0 spiro atoms. The molecule has 1 rings (SSSR count). The second-order valence-electron chi connectivity index (χ2n) is 3.49. The highest BCUT2D eigenvalue weighted by molar-refractivity contribution is 5.93. The first kappa shape index (κ1) is 12.0. The van der Waals surface area contributed by atoms with Gasteiger partial charge in [0.1, 0.15) is 0 Å². The number of nitrogen functional groups attached to an aromatic ring is 1. The molecule has 0 heterocycles. The fraction of sp³-hybridized carbons (Fsp3) is 0.273. The summed E-state index contributed by atoms with van der Waals surface area (Å²) in [5.74, 6) is -1.86. The van der Waals surface area contributed by atoms with Gasteiger partial charge in [-0.1, -0.05) is 6.07 Å². The smallest absolute Gasteiger partial charge is 0.341 e. The number of benzene rings is 1. The van der Waals surface area contributed by atoms with Gasteiger partial charge in [-0.3, -0.25) is 0 Å². The summed E-state index contributed by atoms with van der Waals surface area (Å²) in [6.07, 6.45) is 0. The lowest BCUT2D eigenvalue weighted by Crippen LogP contribution is -2.14. The zero-order valence-corrected chi connectivity index (χ0v) is 9.11. The van der Waals surface area contributed by atoms with Gasteiger partial charge >= 0.3 is 11.9 Å². The van der Waals surface area contributed by atoms with Crippen molar-refractivity contribution in [3.05, 3.63) is 28.8 Å². The molecule has 0 saturated heterocycles. The number of anilines is 1. The quantitative estimate of drug-likeness (QED) is 0.592. The van der Waals surface area contributed by atoms with E-state index in [1.54, 1.807) is 13.0 Å². The highest BCUT2D eigenvalue weighted by Gasteiger charge is 2.13. The van der Waals surface area contributed by atoms with E-state index in [1.807, 2.05) is 6.92 Å². The molecule has 3 N–H and O–H groups in total. The molecule has 86 valence electrons. The molecule has 0 aliphatic rings. The van der Waals surface area contributed by atoms with E-state index in [9.17, 15) is 9.59 Å². The molecule has 0 unspecified atom stereocenters. The van der Waals surface area contributed by atoms with Crippen LogP contribution in [0.4, 0.5) is 5.69 Å². The Kier molecular flexibility index (Phi) is 3.50. The molecule has 16 heavy (non-hydrogen) atoms. The topological polar surface area (TPSA) is 89.6 Å². The molecular formula is C11H13NO4. The predicted octanol–water partition coefficient (Wildman–Crippen LogP) is 1.13. The Labute approximate surface area is 92.8 Å². The van der Waals surface area contributed by atoms with Crippen LogP contribution in [-0.4, -0.2) is 23.7 Å².